The zero-order chi connectivity index (χ0) is 18.7. The molecule has 26 heavy (non-hydrogen) atoms. The molecule has 1 aliphatic rings. The topological polar surface area (TPSA) is 54.5 Å². The number of carbonyl (C=O) groups excluding carboxylic acids is 1. The third-order valence-electron chi connectivity index (χ3n) is 4.80. The fraction of sp³-hybridized carbons (Fsp3) is 0.350. The van der Waals surface area contributed by atoms with Gasteiger partial charge in [0.05, 0.1) is 17.1 Å². The number of nitrogens with zero attached hydrogens (tertiary/aromatic N) is 1. The van der Waals surface area contributed by atoms with Crippen molar-refractivity contribution in [3.05, 3.63) is 71.0 Å². The molecule has 0 saturated carbocycles. The van der Waals surface area contributed by atoms with Crippen LogP contribution in [0.4, 0.5) is 4.39 Å². The molecule has 1 atom stereocenters. The molecule has 4 nitrogen and oxygen atoms in total. The van der Waals surface area contributed by atoms with Crippen LogP contribution in [0.2, 0.25) is 0 Å². The fourth-order valence-corrected chi connectivity index (χ4v) is 4.99. The molecule has 1 fully saturated rings. The Morgan fingerprint density at radius 2 is 1.77 bits per heavy atom. The number of hydrogen-bond donors (Lipinski definition) is 0. The molecule has 1 aliphatic heterocycles. The standard InChI is InChI=1S/C20H22FNO3S/c1-2-15-7-9-16(10-8-15)13-22(17-11-12-26(24,25)14-17)20(23)18-5-3-4-6-19(18)21/h3-10,17H,2,11-14H2,1H3/t17-/m0/s1. The van der Waals surface area contributed by atoms with Crippen LogP contribution in [0.15, 0.2) is 48.5 Å². The van der Waals surface area contributed by atoms with Gasteiger partial charge in [-0.3, -0.25) is 4.79 Å². The molecule has 1 saturated heterocycles. The van der Waals surface area contributed by atoms with E-state index in [4.69, 9.17) is 0 Å². The highest BCUT2D eigenvalue weighted by atomic mass is 32.2. The maximum absolute atomic E-state index is 14.1. The van der Waals surface area contributed by atoms with Crippen LogP contribution in [0.1, 0.15) is 34.8 Å². The third-order valence-corrected chi connectivity index (χ3v) is 6.55. The van der Waals surface area contributed by atoms with Crippen LogP contribution in [0.25, 0.3) is 0 Å². The number of halogens is 1. The Labute approximate surface area is 153 Å². The molecule has 0 aliphatic carbocycles. The Hall–Kier alpha value is -2.21. The summed E-state index contributed by atoms with van der Waals surface area (Å²) in [7, 11) is -3.16. The van der Waals surface area contributed by atoms with E-state index in [-0.39, 0.29) is 23.6 Å². The van der Waals surface area contributed by atoms with Crippen LogP contribution in [0.3, 0.4) is 0 Å². The zero-order valence-electron chi connectivity index (χ0n) is 14.7. The minimum Gasteiger partial charge on any atom is -0.330 e. The van der Waals surface area contributed by atoms with Crippen LogP contribution in [0.5, 0.6) is 0 Å². The summed E-state index contributed by atoms with van der Waals surface area (Å²) in [5.74, 6) is -1.07. The van der Waals surface area contributed by atoms with Crippen molar-refractivity contribution in [3.8, 4) is 0 Å². The van der Waals surface area contributed by atoms with E-state index in [1.54, 1.807) is 6.07 Å². The van der Waals surface area contributed by atoms with Gasteiger partial charge >= 0.3 is 0 Å². The van der Waals surface area contributed by atoms with E-state index >= 15 is 0 Å². The number of aryl methyl sites for hydroxylation is 1. The predicted molar refractivity (Wildman–Crippen MR) is 99.2 cm³/mol. The van der Waals surface area contributed by atoms with Crippen LogP contribution in [-0.2, 0) is 22.8 Å². The van der Waals surface area contributed by atoms with Crippen molar-refractivity contribution >= 4 is 15.7 Å². The number of sulfone groups is 1. The normalized spacial score (nSPS) is 18.6. The van der Waals surface area contributed by atoms with Gasteiger partial charge in [-0.1, -0.05) is 43.3 Å². The number of amides is 1. The lowest BCUT2D eigenvalue weighted by molar-refractivity contribution is 0.0676. The summed E-state index contributed by atoms with van der Waals surface area (Å²) < 4.78 is 37.9. The van der Waals surface area contributed by atoms with Crippen molar-refractivity contribution < 1.29 is 17.6 Å². The molecule has 0 aromatic heterocycles. The first-order chi connectivity index (χ1) is 12.4. The van der Waals surface area contributed by atoms with Gasteiger partial charge in [0.15, 0.2) is 9.84 Å². The van der Waals surface area contributed by atoms with Gasteiger partial charge < -0.3 is 4.90 Å². The van der Waals surface area contributed by atoms with Crippen LogP contribution in [-0.4, -0.2) is 36.8 Å². The highest BCUT2D eigenvalue weighted by Gasteiger charge is 2.35. The largest absolute Gasteiger partial charge is 0.330 e. The van der Waals surface area contributed by atoms with E-state index in [0.29, 0.717) is 6.42 Å². The van der Waals surface area contributed by atoms with Gasteiger partial charge in [-0.25, -0.2) is 12.8 Å². The first-order valence-electron chi connectivity index (χ1n) is 8.73. The molecule has 1 amide bonds. The monoisotopic (exact) mass is 375 g/mol. The van der Waals surface area contributed by atoms with Gasteiger partial charge in [-0.2, -0.15) is 0 Å². The third kappa shape index (κ3) is 4.12. The molecule has 1 heterocycles. The summed E-state index contributed by atoms with van der Waals surface area (Å²) in [6.45, 7) is 2.32. The second-order valence-corrected chi connectivity index (χ2v) is 8.87. The van der Waals surface area contributed by atoms with Gasteiger partial charge in [0, 0.05) is 12.6 Å². The number of carbonyl (C=O) groups is 1. The molecule has 0 unspecified atom stereocenters. The molecule has 2 aromatic rings. The zero-order valence-corrected chi connectivity index (χ0v) is 15.5. The molecular weight excluding hydrogens is 353 g/mol. The Kier molecular flexibility index (Phi) is 5.41. The van der Waals surface area contributed by atoms with Gasteiger partial charge in [-0.15, -0.1) is 0 Å². The summed E-state index contributed by atoms with van der Waals surface area (Å²) in [5.41, 5.74) is 2.06. The molecule has 0 spiro atoms. The van der Waals surface area contributed by atoms with Crippen molar-refractivity contribution in [2.75, 3.05) is 11.5 Å². The average molecular weight is 375 g/mol. The summed E-state index contributed by atoms with van der Waals surface area (Å²) in [5, 5.41) is 0. The van der Waals surface area contributed by atoms with Gasteiger partial charge in [0.25, 0.3) is 5.91 Å². The first kappa shape index (κ1) is 18.6. The second-order valence-electron chi connectivity index (χ2n) is 6.64. The van der Waals surface area contributed by atoms with Crippen LogP contribution >= 0.6 is 0 Å². The number of hydrogen-bond acceptors (Lipinski definition) is 3. The lowest BCUT2D eigenvalue weighted by Gasteiger charge is -2.28. The van der Waals surface area contributed by atoms with E-state index in [2.05, 4.69) is 6.92 Å². The molecule has 0 N–H and O–H groups in total. The van der Waals surface area contributed by atoms with E-state index in [9.17, 15) is 17.6 Å². The molecule has 0 radical (unpaired) electrons. The molecule has 6 heteroatoms. The van der Waals surface area contributed by atoms with Crippen molar-refractivity contribution in [3.63, 3.8) is 0 Å². The Bertz CT molecular complexity index is 894. The highest BCUT2D eigenvalue weighted by molar-refractivity contribution is 7.91. The second kappa shape index (κ2) is 7.58. The van der Waals surface area contributed by atoms with E-state index in [1.165, 1.54) is 28.7 Å². The predicted octanol–water partition coefficient (Wildman–Crippen LogP) is 3.22. The molecule has 2 aromatic carbocycles. The van der Waals surface area contributed by atoms with Crippen LogP contribution < -0.4 is 0 Å². The minimum absolute atomic E-state index is 0.0259. The molecule has 3 rings (SSSR count). The molecular formula is C20H22FNO3S. The van der Waals surface area contributed by atoms with Gasteiger partial charge in [0.1, 0.15) is 5.82 Å². The smallest absolute Gasteiger partial charge is 0.257 e. The Morgan fingerprint density at radius 3 is 2.35 bits per heavy atom. The maximum Gasteiger partial charge on any atom is 0.257 e. The average Bonchev–Trinajstić information content (AvgIpc) is 2.99. The quantitative estimate of drug-likeness (QED) is 0.806. The fourth-order valence-electron chi connectivity index (χ4n) is 3.25. The summed E-state index contributed by atoms with van der Waals surface area (Å²) >= 11 is 0. The van der Waals surface area contributed by atoms with Crippen molar-refractivity contribution in [1.29, 1.82) is 0 Å². The van der Waals surface area contributed by atoms with Gasteiger partial charge in [-0.05, 0) is 36.1 Å². The lowest BCUT2D eigenvalue weighted by Crippen LogP contribution is -2.41. The lowest BCUT2D eigenvalue weighted by atomic mass is 10.1. The summed E-state index contributed by atoms with van der Waals surface area (Å²) in [6, 6.07) is 13.2. The number of rotatable bonds is 5. The Morgan fingerprint density at radius 1 is 1.12 bits per heavy atom. The molecule has 0 bridgehead atoms. The van der Waals surface area contributed by atoms with E-state index < -0.39 is 27.6 Å². The maximum atomic E-state index is 14.1. The van der Waals surface area contributed by atoms with E-state index in [0.717, 1.165) is 12.0 Å². The summed E-state index contributed by atoms with van der Waals surface area (Å²) in [6.07, 6.45) is 1.30. The van der Waals surface area contributed by atoms with Crippen molar-refractivity contribution in [1.82, 2.24) is 4.90 Å². The van der Waals surface area contributed by atoms with Gasteiger partial charge in [0.2, 0.25) is 0 Å². The summed E-state index contributed by atoms with van der Waals surface area (Å²) in [4.78, 5) is 14.5. The van der Waals surface area contributed by atoms with Crippen molar-refractivity contribution in [2.24, 2.45) is 0 Å². The van der Waals surface area contributed by atoms with Crippen LogP contribution in [0, 0.1) is 5.82 Å². The highest BCUT2D eigenvalue weighted by Crippen LogP contribution is 2.23. The SMILES string of the molecule is CCc1ccc(CN(C(=O)c2ccccc2F)[C@H]2CCS(=O)(=O)C2)cc1. The minimum atomic E-state index is -3.16. The Balaban J connectivity index is 1.91. The number of benzene rings is 2. The molecule has 138 valence electrons. The van der Waals surface area contributed by atoms with Crippen molar-refractivity contribution in [2.45, 2.75) is 32.4 Å². The van der Waals surface area contributed by atoms with E-state index in [1.807, 2.05) is 24.3 Å². The first-order valence-corrected chi connectivity index (χ1v) is 10.6.